The van der Waals surface area contributed by atoms with Crippen LogP contribution in [0.5, 0.6) is 0 Å². The molecule has 2 fully saturated rings. The molecule has 1 saturated heterocycles. The summed E-state index contributed by atoms with van der Waals surface area (Å²) in [5, 5.41) is 12.2. The van der Waals surface area contributed by atoms with Gasteiger partial charge in [0, 0.05) is 19.6 Å². The molecule has 1 heterocycles. The van der Waals surface area contributed by atoms with Crippen molar-refractivity contribution in [1.29, 1.82) is 0 Å². The number of nitrogens with zero attached hydrogens (tertiary/aromatic N) is 2. The van der Waals surface area contributed by atoms with Crippen LogP contribution in [0.2, 0.25) is 0 Å². The van der Waals surface area contributed by atoms with Gasteiger partial charge in [-0.05, 0) is 31.6 Å². The van der Waals surface area contributed by atoms with Gasteiger partial charge in [0.2, 0.25) is 0 Å². The van der Waals surface area contributed by atoms with Crippen molar-refractivity contribution < 1.29 is 5.11 Å². The molecule has 106 valence electrons. The van der Waals surface area contributed by atoms with Crippen LogP contribution in [0.25, 0.3) is 0 Å². The van der Waals surface area contributed by atoms with Crippen LogP contribution in [-0.2, 0) is 0 Å². The van der Waals surface area contributed by atoms with E-state index in [1.165, 1.54) is 32.1 Å². The van der Waals surface area contributed by atoms with Crippen LogP contribution in [0.4, 0.5) is 0 Å². The Morgan fingerprint density at radius 3 is 2.67 bits per heavy atom. The van der Waals surface area contributed by atoms with Gasteiger partial charge in [-0.1, -0.05) is 12.8 Å². The molecule has 1 saturated carbocycles. The van der Waals surface area contributed by atoms with Gasteiger partial charge in [0.25, 0.3) is 0 Å². The highest BCUT2D eigenvalue weighted by Crippen LogP contribution is 2.45. The lowest BCUT2D eigenvalue weighted by Crippen LogP contribution is -2.41. The molecule has 18 heavy (non-hydrogen) atoms. The molecule has 0 radical (unpaired) electrons. The summed E-state index contributed by atoms with van der Waals surface area (Å²) < 4.78 is 0. The third kappa shape index (κ3) is 3.73. The number of hydrogen-bond donors (Lipinski definition) is 2. The van der Waals surface area contributed by atoms with Gasteiger partial charge in [0.1, 0.15) is 0 Å². The van der Waals surface area contributed by atoms with Gasteiger partial charge >= 0.3 is 0 Å². The lowest BCUT2D eigenvalue weighted by Gasteiger charge is -2.25. The summed E-state index contributed by atoms with van der Waals surface area (Å²) in [7, 11) is 0. The zero-order valence-electron chi connectivity index (χ0n) is 11.3. The minimum absolute atomic E-state index is 0. The molecule has 1 aliphatic heterocycles. The maximum atomic E-state index is 8.88. The van der Waals surface area contributed by atoms with Crippen LogP contribution in [0, 0.1) is 5.41 Å². The predicted molar refractivity (Wildman–Crippen MR) is 85.6 cm³/mol. The number of likely N-dealkylation sites (tertiary alicyclic amines) is 1. The van der Waals surface area contributed by atoms with Crippen LogP contribution in [0.15, 0.2) is 4.99 Å². The Kier molecular flexibility index (Phi) is 6.70. The first-order valence-electron chi connectivity index (χ1n) is 6.94. The quantitative estimate of drug-likeness (QED) is 0.455. The first-order valence-corrected chi connectivity index (χ1v) is 6.94. The van der Waals surface area contributed by atoms with E-state index in [4.69, 9.17) is 5.11 Å². The molecule has 2 aliphatic rings. The van der Waals surface area contributed by atoms with E-state index in [-0.39, 0.29) is 30.6 Å². The fourth-order valence-corrected chi connectivity index (χ4v) is 3.23. The first-order chi connectivity index (χ1) is 8.29. The van der Waals surface area contributed by atoms with Crippen LogP contribution in [0.3, 0.4) is 0 Å². The second kappa shape index (κ2) is 7.53. The van der Waals surface area contributed by atoms with Gasteiger partial charge in [0.05, 0.1) is 13.2 Å². The predicted octanol–water partition coefficient (Wildman–Crippen LogP) is 1.83. The number of hydrogen-bond acceptors (Lipinski definition) is 2. The number of aliphatic hydroxyl groups is 1. The number of aliphatic imine (C=N–C) groups is 1. The summed E-state index contributed by atoms with van der Waals surface area (Å²) in [5.74, 6) is 0.991. The van der Waals surface area contributed by atoms with Gasteiger partial charge < -0.3 is 15.3 Å². The second-order valence-corrected chi connectivity index (χ2v) is 5.34. The van der Waals surface area contributed by atoms with Crippen molar-refractivity contribution in [3.63, 3.8) is 0 Å². The SMILES string of the molecule is CCNC(=NCCO)N1CCC2(CCCC2)C1.I. The van der Waals surface area contributed by atoms with E-state index in [2.05, 4.69) is 22.1 Å². The zero-order valence-corrected chi connectivity index (χ0v) is 13.7. The topological polar surface area (TPSA) is 47.9 Å². The summed E-state index contributed by atoms with van der Waals surface area (Å²) in [6, 6.07) is 0. The van der Waals surface area contributed by atoms with Crippen molar-refractivity contribution in [2.45, 2.75) is 39.0 Å². The summed E-state index contributed by atoms with van der Waals surface area (Å²) in [5.41, 5.74) is 0.579. The molecule has 2 rings (SSSR count). The third-order valence-corrected chi connectivity index (χ3v) is 4.10. The monoisotopic (exact) mass is 367 g/mol. The lowest BCUT2D eigenvalue weighted by atomic mass is 9.86. The molecule has 2 N–H and O–H groups in total. The Labute approximate surface area is 127 Å². The fourth-order valence-electron chi connectivity index (χ4n) is 3.23. The van der Waals surface area contributed by atoms with Crippen LogP contribution < -0.4 is 5.32 Å². The van der Waals surface area contributed by atoms with Crippen molar-refractivity contribution in [3.8, 4) is 0 Å². The Morgan fingerprint density at radius 1 is 1.33 bits per heavy atom. The highest BCUT2D eigenvalue weighted by atomic mass is 127. The number of nitrogens with one attached hydrogen (secondary N) is 1. The van der Waals surface area contributed by atoms with Crippen molar-refractivity contribution in [3.05, 3.63) is 0 Å². The average molecular weight is 367 g/mol. The highest BCUT2D eigenvalue weighted by molar-refractivity contribution is 14.0. The molecule has 0 aromatic heterocycles. The number of halogens is 1. The summed E-state index contributed by atoms with van der Waals surface area (Å²) in [4.78, 5) is 6.83. The zero-order chi connectivity index (χ0) is 12.1. The minimum atomic E-state index is 0. The first kappa shape index (κ1) is 16.0. The molecule has 0 bridgehead atoms. The van der Waals surface area contributed by atoms with E-state index in [1.54, 1.807) is 0 Å². The van der Waals surface area contributed by atoms with E-state index >= 15 is 0 Å². The van der Waals surface area contributed by atoms with Crippen LogP contribution in [0.1, 0.15) is 39.0 Å². The normalized spacial score (nSPS) is 22.3. The Morgan fingerprint density at radius 2 is 2.06 bits per heavy atom. The molecule has 0 aromatic carbocycles. The molecular formula is C13H26IN3O. The van der Waals surface area contributed by atoms with E-state index < -0.39 is 0 Å². The summed E-state index contributed by atoms with van der Waals surface area (Å²) >= 11 is 0. The minimum Gasteiger partial charge on any atom is -0.394 e. The molecule has 5 heteroatoms. The van der Waals surface area contributed by atoms with Gasteiger partial charge in [-0.25, -0.2) is 0 Å². The third-order valence-electron chi connectivity index (χ3n) is 4.10. The molecular weight excluding hydrogens is 341 g/mol. The lowest BCUT2D eigenvalue weighted by molar-refractivity contribution is 0.301. The molecule has 1 spiro atoms. The molecule has 1 aliphatic carbocycles. The van der Waals surface area contributed by atoms with Crippen molar-refractivity contribution in [2.24, 2.45) is 10.4 Å². The van der Waals surface area contributed by atoms with E-state index in [0.717, 1.165) is 25.6 Å². The average Bonchev–Trinajstić information content (AvgIpc) is 2.96. The van der Waals surface area contributed by atoms with Gasteiger partial charge in [-0.2, -0.15) is 0 Å². The Hall–Kier alpha value is -0.0400. The molecule has 0 unspecified atom stereocenters. The Bertz CT molecular complexity index is 277. The molecule has 0 amide bonds. The van der Waals surface area contributed by atoms with Gasteiger partial charge in [-0.15, -0.1) is 24.0 Å². The van der Waals surface area contributed by atoms with Crippen molar-refractivity contribution in [2.75, 3.05) is 32.8 Å². The highest BCUT2D eigenvalue weighted by Gasteiger charge is 2.40. The van der Waals surface area contributed by atoms with Gasteiger partial charge in [-0.3, -0.25) is 4.99 Å². The second-order valence-electron chi connectivity index (χ2n) is 5.34. The standard InChI is InChI=1S/C13H25N3O.HI/c1-2-14-12(15-8-10-17)16-9-7-13(11-16)5-3-4-6-13;/h17H,2-11H2,1H3,(H,14,15);1H. The Balaban J connectivity index is 0.00000162. The molecule has 0 aromatic rings. The molecule has 0 atom stereocenters. The number of rotatable bonds is 3. The van der Waals surface area contributed by atoms with Crippen LogP contribution >= 0.6 is 24.0 Å². The largest absolute Gasteiger partial charge is 0.394 e. The fraction of sp³-hybridized carbons (Fsp3) is 0.923. The van der Waals surface area contributed by atoms with Gasteiger partial charge in [0.15, 0.2) is 5.96 Å². The van der Waals surface area contributed by atoms with Crippen molar-refractivity contribution in [1.82, 2.24) is 10.2 Å². The van der Waals surface area contributed by atoms with E-state index in [0.29, 0.717) is 12.0 Å². The number of guanidine groups is 1. The summed E-state index contributed by atoms with van der Waals surface area (Å²) in [6.07, 6.45) is 6.90. The number of aliphatic hydroxyl groups excluding tert-OH is 1. The van der Waals surface area contributed by atoms with E-state index in [1.807, 2.05) is 0 Å². The maximum absolute atomic E-state index is 8.88. The molecule has 4 nitrogen and oxygen atoms in total. The van der Waals surface area contributed by atoms with E-state index in [9.17, 15) is 0 Å². The van der Waals surface area contributed by atoms with Crippen LogP contribution in [-0.4, -0.2) is 48.8 Å². The summed E-state index contributed by atoms with van der Waals surface area (Å²) in [6.45, 7) is 5.91. The smallest absolute Gasteiger partial charge is 0.194 e. The van der Waals surface area contributed by atoms with Crippen molar-refractivity contribution >= 4 is 29.9 Å². The maximum Gasteiger partial charge on any atom is 0.194 e.